The lowest BCUT2D eigenvalue weighted by molar-refractivity contribution is 1.15. The van der Waals surface area contributed by atoms with Crippen molar-refractivity contribution < 1.29 is 0 Å². The van der Waals surface area contributed by atoms with Crippen LogP contribution in [0.5, 0.6) is 0 Å². The third-order valence-corrected chi connectivity index (χ3v) is 4.65. The Morgan fingerprint density at radius 2 is 1.70 bits per heavy atom. The van der Waals surface area contributed by atoms with Gasteiger partial charge in [-0.05, 0) is 50.5 Å². The van der Waals surface area contributed by atoms with Crippen molar-refractivity contribution in [2.45, 2.75) is 6.54 Å². The molecule has 0 radical (unpaired) electrons. The van der Waals surface area contributed by atoms with E-state index < -0.39 is 0 Å². The summed E-state index contributed by atoms with van der Waals surface area (Å²) in [7, 11) is 0. The molecule has 0 saturated carbocycles. The van der Waals surface area contributed by atoms with Crippen molar-refractivity contribution in [3.8, 4) is 0 Å². The van der Waals surface area contributed by atoms with E-state index in [9.17, 15) is 0 Å². The SMILES string of the molecule is Clc1cccc(NCc2ccc3ccccc3c2)c1Br. The average Bonchev–Trinajstić information content (AvgIpc) is 2.48. The lowest BCUT2D eigenvalue weighted by atomic mass is 10.1. The second-order valence-electron chi connectivity index (χ2n) is 4.64. The quantitative estimate of drug-likeness (QED) is 0.625. The first-order valence-electron chi connectivity index (χ1n) is 6.39. The summed E-state index contributed by atoms with van der Waals surface area (Å²) >= 11 is 9.59. The van der Waals surface area contributed by atoms with E-state index in [1.54, 1.807) is 0 Å². The van der Waals surface area contributed by atoms with E-state index >= 15 is 0 Å². The summed E-state index contributed by atoms with van der Waals surface area (Å²) in [6.45, 7) is 0.768. The van der Waals surface area contributed by atoms with Crippen LogP contribution in [0.4, 0.5) is 5.69 Å². The molecule has 0 aromatic heterocycles. The highest BCUT2D eigenvalue weighted by molar-refractivity contribution is 9.10. The molecule has 0 spiro atoms. The Kier molecular flexibility index (Phi) is 3.95. The molecule has 0 heterocycles. The molecule has 0 aliphatic carbocycles. The maximum atomic E-state index is 6.09. The number of fused-ring (bicyclic) bond motifs is 1. The molecule has 0 amide bonds. The number of hydrogen-bond acceptors (Lipinski definition) is 1. The van der Waals surface area contributed by atoms with E-state index in [4.69, 9.17) is 11.6 Å². The number of nitrogens with one attached hydrogen (secondary N) is 1. The maximum absolute atomic E-state index is 6.09. The second-order valence-corrected chi connectivity index (χ2v) is 5.84. The van der Waals surface area contributed by atoms with Gasteiger partial charge >= 0.3 is 0 Å². The van der Waals surface area contributed by atoms with Gasteiger partial charge in [0.05, 0.1) is 15.2 Å². The molecule has 3 rings (SSSR count). The molecule has 1 N–H and O–H groups in total. The summed E-state index contributed by atoms with van der Waals surface area (Å²) in [6.07, 6.45) is 0. The van der Waals surface area contributed by atoms with Crippen molar-refractivity contribution in [2.24, 2.45) is 0 Å². The molecule has 0 saturated heterocycles. The first kappa shape index (κ1) is 13.5. The van der Waals surface area contributed by atoms with E-state index in [0.29, 0.717) is 5.02 Å². The predicted octanol–water partition coefficient (Wildman–Crippen LogP) is 5.87. The molecule has 20 heavy (non-hydrogen) atoms. The Labute approximate surface area is 131 Å². The topological polar surface area (TPSA) is 12.0 Å². The van der Waals surface area contributed by atoms with Gasteiger partial charge in [0.1, 0.15) is 0 Å². The Balaban J connectivity index is 1.81. The van der Waals surface area contributed by atoms with Crippen LogP contribution in [0.2, 0.25) is 5.02 Å². The van der Waals surface area contributed by atoms with Crippen LogP contribution in [0.15, 0.2) is 65.1 Å². The molecular formula is C17H13BrClN. The largest absolute Gasteiger partial charge is 0.380 e. The highest BCUT2D eigenvalue weighted by Crippen LogP contribution is 2.30. The first-order valence-corrected chi connectivity index (χ1v) is 7.57. The molecule has 3 heteroatoms. The Morgan fingerprint density at radius 1 is 0.900 bits per heavy atom. The van der Waals surface area contributed by atoms with Crippen molar-refractivity contribution in [1.82, 2.24) is 0 Å². The summed E-state index contributed by atoms with van der Waals surface area (Å²) in [4.78, 5) is 0. The third-order valence-electron chi connectivity index (χ3n) is 3.25. The highest BCUT2D eigenvalue weighted by atomic mass is 79.9. The Morgan fingerprint density at radius 3 is 2.55 bits per heavy atom. The normalized spacial score (nSPS) is 10.7. The lowest BCUT2D eigenvalue weighted by Crippen LogP contribution is -2.00. The number of benzene rings is 3. The van der Waals surface area contributed by atoms with Crippen LogP contribution in [0.1, 0.15) is 5.56 Å². The molecule has 100 valence electrons. The molecule has 1 nitrogen and oxygen atoms in total. The molecule has 0 fully saturated rings. The zero-order valence-corrected chi connectivity index (χ0v) is 13.1. The third kappa shape index (κ3) is 2.82. The van der Waals surface area contributed by atoms with Crippen molar-refractivity contribution in [3.05, 3.63) is 75.7 Å². The monoisotopic (exact) mass is 345 g/mol. The molecule has 0 aliphatic heterocycles. The van der Waals surface area contributed by atoms with Gasteiger partial charge in [-0.25, -0.2) is 0 Å². The Hall–Kier alpha value is -1.51. The number of anilines is 1. The van der Waals surface area contributed by atoms with Crippen LogP contribution in [0, 0.1) is 0 Å². The molecule has 3 aromatic carbocycles. The second kappa shape index (κ2) is 5.86. The predicted molar refractivity (Wildman–Crippen MR) is 90.4 cm³/mol. The molecule has 0 unspecified atom stereocenters. The minimum Gasteiger partial charge on any atom is -0.380 e. The van der Waals surface area contributed by atoms with Crippen molar-refractivity contribution in [2.75, 3.05) is 5.32 Å². The minimum absolute atomic E-state index is 0.716. The molecular weight excluding hydrogens is 334 g/mol. The van der Waals surface area contributed by atoms with Crippen LogP contribution in [0.3, 0.4) is 0 Å². The minimum atomic E-state index is 0.716. The lowest BCUT2D eigenvalue weighted by Gasteiger charge is -2.10. The highest BCUT2D eigenvalue weighted by Gasteiger charge is 2.03. The van der Waals surface area contributed by atoms with Crippen LogP contribution >= 0.6 is 27.5 Å². The molecule has 0 aliphatic rings. The number of rotatable bonds is 3. The van der Waals surface area contributed by atoms with Gasteiger partial charge in [0.2, 0.25) is 0 Å². The standard InChI is InChI=1S/C17H13BrClN/c18-17-15(19)6-3-7-16(17)20-11-12-8-9-13-4-1-2-5-14(13)10-12/h1-10,20H,11H2. The summed E-state index contributed by atoms with van der Waals surface area (Å²) in [6, 6.07) is 20.7. The van der Waals surface area contributed by atoms with E-state index in [1.165, 1.54) is 16.3 Å². The fourth-order valence-corrected chi connectivity index (χ4v) is 2.77. The van der Waals surface area contributed by atoms with Crippen LogP contribution in [-0.4, -0.2) is 0 Å². The molecule has 0 bridgehead atoms. The van der Waals surface area contributed by atoms with Gasteiger partial charge < -0.3 is 5.32 Å². The number of halogens is 2. The smallest absolute Gasteiger partial charge is 0.0593 e. The number of hydrogen-bond donors (Lipinski definition) is 1. The summed E-state index contributed by atoms with van der Waals surface area (Å²) in [5, 5.41) is 6.64. The first-order chi connectivity index (χ1) is 9.74. The Bertz CT molecular complexity index is 755. The van der Waals surface area contributed by atoms with Gasteiger partial charge in [-0.3, -0.25) is 0 Å². The van der Waals surface area contributed by atoms with Crippen LogP contribution in [-0.2, 0) is 6.54 Å². The van der Waals surface area contributed by atoms with Gasteiger partial charge in [-0.15, -0.1) is 0 Å². The van der Waals surface area contributed by atoms with E-state index in [-0.39, 0.29) is 0 Å². The summed E-state index contributed by atoms with van der Waals surface area (Å²) in [5.74, 6) is 0. The van der Waals surface area contributed by atoms with Gasteiger partial charge in [0.15, 0.2) is 0 Å². The van der Waals surface area contributed by atoms with Crippen molar-refractivity contribution in [1.29, 1.82) is 0 Å². The van der Waals surface area contributed by atoms with Gasteiger partial charge in [0, 0.05) is 6.54 Å². The van der Waals surface area contributed by atoms with Gasteiger partial charge in [0.25, 0.3) is 0 Å². The summed E-state index contributed by atoms with van der Waals surface area (Å²) in [5.41, 5.74) is 2.25. The fourth-order valence-electron chi connectivity index (χ4n) is 2.19. The van der Waals surface area contributed by atoms with Gasteiger partial charge in [-0.1, -0.05) is 54.1 Å². The summed E-state index contributed by atoms with van der Waals surface area (Å²) < 4.78 is 0.905. The zero-order valence-electron chi connectivity index (χ0n) is 10.7. The van der Waals surface area contributed by atoms with Gasteiger partial charge in [-0.2, -0.15) is 0 Å². The van der Waals surface area contributed by atoms with E-state index in [2.05, 4.69) is 63.7 Å². The maximum Gasteiger partial charge on any atom is 0.0593 e. The zero-order chi connectivity index (χ0) is 13.9. The average molecular weight is 347 g/mol. The van der Waals surface area contributed by atoms with Crippen LogP contribution in [0.25, 0.3) is 10.8 Å². The van der Waals surface area contributed by atoms with E-state index in [1.807, 2.05) is 18.2 Å². The molecule has 3 aromatic rings. The van der Waals surface area contributed by atoms with Crippen molar-refractivity contribution in [3.63, 3.8) is 0 Å². The van der Waals surface area contributed by atoms with Crippen molar-refractivity contribution >= 4 is 44.0 Å². The van der Waals surface area contributed by atoms with E-state index in [0.717, 1.165) is 16.7 Å². The molecule has 0 atom stereocenters. The fraction of sp³-hybridized carbons (Fsp3) is 0.0588. The van der Waals surface area contributed by atoms with Crippen LogP contribution < -0.4 is 5.32 Å².